The highest BCUT2D eigenvalue weighted by molar-refractivity contribution is 14.0. The molecule has 0 unspecified atom stereocenters. The van der Waals surface area contributed by atoms with Crippen LogP contribution in [0.2, 0.25) is 0 Å². The second-order valence-electron chi connectivity index (χ2n) is 6.84. The smallest absolute Gasteiger partial charge is 0.367 e. The minimum Gasteiger partial charge on any atom is -0.367 e. The number of alkyl halides is 3. The van der Waals surface area contributed by atoms with Gasteiger partial charge in [-0.2, -0.15) is 13.2 Å². The summed E-state index contributed by atoms with van der Waals surface area (Å²) in [7, 11) is 0. The van der Waals surface area contributed by atoms with Crippen LogP contribution in [0.25, 0.3) is 5.65 Å². The van der Waals surface area contributed by atoms with Crippen LogP contribution in [0.15, 0.2) is 53.7 Å². The first-order chi connectivity index (χ1) is 14.9. The average molecular weight is 562 g/mol. The molecule has 2 heterocycles. The van der Waals surface area contributed by atoms with Gasteiger partial charge in [-0.1, -0.05) is 30.3 Å². The number of rotatable bonds is 9. The number of nitrogens with one attached hydrogen (secondary N) is 2. The van der Waals surface area contributed by atoms with Crippen LogP contribution < -0.4 is 10.6 Å². The molecule has 2 N–H and O–H groups in total. The summed E-state index contributed by atoms with van der Waals surface area (Å²) >= 11 is 0. The van der Waals surface area contributed by atoms with Crippen molar-refractivity contribution in [3.05, 3.63) is 65.6 Å². The van der Waals surface area contributed by atoms with Gasteiger partial charge in [0.25, 0.3) is 0 Å². The molecule has 32 heavy (non-hydrogen) atoms. The molecule has 0 radical (unpaired) electrons. The summed E-state index contributed by atoms with van der Waals surface area (Å²) < 4.78 is 43.0. The Bertz CT molecular complexity index is 991. The van der Waals surface area contributed by atoms with Crippen LogP contribution in [0.1, 0.15) is 23.9 Å². The SMILES string of the molecule is CCNC(=NCc1ccc(COCC(F)(F)F)cc1)NCCc1nnc2ccccn12.I. The minimum atomic E-state index is -4.31. The largest absolute Gasteiger partial charge is 0.411 e. The van der Waals surface area contributed by atoms with Crippen LogP contribution in [0.4, 0.5) is 13.2 Å². The summed E-state index contributed by atoms with van der Waals surface area (Å²) in [5.41, 5.74) is 2.44. The molecule has 3 rings (SSSR count). The number of benzene rings is 1. The summed E-state index contributed by atoms with van der Waals surface area (Å²) in [5.74, 6) is 1.54. The van der Waals surface area contributed by atoms with E-state index >= 15 is 0 Å². The normalized spacial score (nSPS) is 11.9. The number of aromatic nitrogens is 3. The molecule has 0 spiro atoms. The Labute approximate surface area is 201 Å². The molecule has 0 aliphatic heterocycles. The fourth-order valence-electron chi connectivity index (χ4n) is 2.89. The lowest BCUT2D eigenvalue weighted by Gasteiger charge is -2.11. The van der Waals surface area contributed by atoms with E-state index in [1.165, 1.54) is 0 Å². The first-order valence-corrected chi connectivity index (χ1v) is 9.98. The summed E-state index contributed by atoms with van der Waals surface area (Å²) in [6.07, 6.45) is -1.70. The number of hydrogen-bond acceptors (Lipinski definition) is 4. The van der Waals surface area contributed by atoms with Gasteiger partial charge in [-0.3, -0.25) is 4.40 Å². The Morgan fingerprint density at radius 3 is 2.53 bits per heavy atom. The predicted molar refractivity (Wildman–Crippen MR) is 127 cm³/mol. The molecule has 174 valence electrons. The molecule has 0 aliphatic carbocycles. The summed E-state index contributed by atoms with van der Waals surface area (Å²) in [6.45, 7) is 2.45. The molecular weight excluding hydrogens is 536 g/mol. The number of aliphatic imine (C=N–C) groups is 1. The Balaban J connectivity index is 0.00000363. The highest BCUT2D eigenvalue weighted by atomic mass is 127. The maximum absolute atomic E-state index is 12.1. The topological polar surface area (TPSA) is 75.8 Å². The van der Waals surface area contributed by atoms with E-state index in [1.807, 2.05) is 47.9 Å². The Morgan fingerprint density at radius 1 is 1.06 bits per heavy atom. The number of pyridine rings is 1. The Morgan fingerprint density at radius 2 is 1.81 bits per heavy atom. The van der Waals surface area contributed by atoms with E-state index in [0.717, 1.165) is 23.6 Å². The van der Waals surface area contributed by atoms with E-state index < -0.39 is 12.8 Å². The molecule has 0 saturated carbocycles. The molecule has 2 aromatic heterocycles. The Kier molecular flexibility index (Phi) is 10.2. The number of nitrogens with zero attached hydrogens (tertiary/aromatic N) is 4. The van der Waals surface area contributed by atoms with Crippen molar-refractivity contribution in [1.82, 2.24) is 25.2 Å². The van der Waals surface area contributed by atoms with E-state index in [2.05, 4.69) is 30.6 Å². The molecule has 7 nitrogen and oxygen atoms in total. The summed E-state index contributed by atoms with van der Waals surface area (Å²) in [6, 6.07) is 12.9. The van der Waals surface area contributed by atoms with Crippen molar-refractivity contribution in [3.8, 4) is 0 Å². The number of fused-ring (bicyclic) bond motifs is 1. The van der Waals surface area contributed by atoms with Crippen LogP contribution in [0, 0.1) is 0 Å². The van der Waals surface area contributed by atoms with Gasteiger partial charge in [0, 0.05) is 25.7 Å². The van der Waals surface area contributed by atoms with Gasteiger partial charge in [-0.05, 0) is 30.2 Å². The fraction of sp³-hybridized carbons (Fsp3) is 0.381. The van der Waals surface area contributed by atoms with Crippen LogP contribution in [-0.2, 0) is 24.3 Å². The molecule has 11 heteroatoms. The fourth-order valence-corrected chi connectivity index (χ4v) is 2.89. The van der Waals surface area contributed by atoms with Gasteiger partial charge >= 0.3 is 6.18 Å². The van der Waals surface area contributed by atoms with Gasteiger partial charge in [0.05, 0.1) is 13.2 Å². The lowest BCUT2D eigenvalue weighted by Crippen LogP contribution is -2.38. The van der Waals surface area contributed by atoms with Crippen LogP contribution in [0.3, 0.4) is 0 Å². The first kappa shape index (κ1) is 25.8. The molecule has 1 aromatic carbocycles. The van der Waals surface area contributed by atoms with Gasteiger partial charge in [-0.25, -0.2) is 4.99 Å². The average Bonchev–Trinajstić information content (AvgIpc) is 3.15. The van der Waals surface area contributed by atoms with E-state index in [4.69, 9.17) is 0 Å². The molecule has 0 bridgehead atoms. The van der Waals surface area contributed by atoms with Crippen molar-refractivity contribution < 1.29 is 17.9 Å². The lowest BCUT2D eigenvalue weighted by molar-refractivity contribution is -0.176. The predicted octanol–water partition coefficient (Wildman–Crippen LogP) is 3.72. The maximum atomic E-state index is 12.1. The van der Waals surface area contributed by atoms with Crippen molar-refractivity contribution in [2.24, 2.45) is 4.99 Å². The van der Waals surface area contributed by atoms with E-state index in [9.17, 15) is 13.2 Å². The van der Waals surface area contributed by atoms with Crippen LogP contribution >= 0.6 is 24.0 Å². The quantitative estimate of drug-likeness (QED) is 0.236. The van der Waals surface area contributed by atoms with Crippen molar-refractivity contribution in [3.63, 3.8) is 0 Å². The zero-order valence-corrected chi connectivity index (χ0v) is 19.9. The standard InChI is InChI=1S/C21H25F3N6O.HI/c1-2-25-20(26-11-10-19-29-28-18-5-3-4-12-30(18)19)27-13-16-6-8-17(9-7-16)14-31-15-21(22,23)24;/h3-9,12H,2,10-11,13-15H2,1H3,(H2,25,26,27);1H. The molecule has 0 saturated heterocycles. The molecular formula is C21H26F3IN6O. The van der Waals surface area contributed by atoms with E-state index in [-0.39, 0.29) is 30.6 Å². The zero-order chi connectivity index (χ0) is 22.1. The van der Waals surface area contributed by atoms with Crippen LogP contribution in [0.5, 0.6) is 0 Å². The van der Waals surface area contributed by atoms with Crippen molar-refractivity contribution in [1.29, 1.82) is 0 Å². The number of guanidine groups is 1. The summed E-state index contributed by atoms with van der Waals surface area (Å²) in [5, 5.41) is 14.8. The zero-order valence-electron chi connectivity index (χ0n) is 17.6. The van der Waals surface area contributed by atoms with E-state index in [1.54, 1.807) is 12.1 Å². The number of ether oxygens (including phenoxy) is 1. The monoisotopic (exact) mass is 562 g/mol. The molecule has 3 aromatic rings. The molecule has 0 fully saturated rings. The number of halogens is 4. The van der Waals surface area contributed by atoms with Crippen LogP contribution in [-0.4, -0.2) is 46.4 Å². The third kappa shape index (κ3) is 8.26. The minimum absolute atomic E-state index is 0. The summed E-state index contributed by atoms with van der Waals surface area (Å²) in [4.78, 5) is 4.56. The second kappa shape index (κ2) is 12.6. The van der Waals surface area contributed by atoms with Gasteiger partial charge in [0.1, 0.15) is 12.4 Å². The van der Waals surface area contributed by atoms with Gasteiger partial charge in [-0.15, -0.1) is 34.2 Å². The first-order valence-electron chi connectivity index (χ1n) is 9.98. The van der Waals surface area contributed by atoms with Gasteiger partial charge in [0.15, 0.2) is 11.6 Å². The highest BCUT2D eigenvalue weighted by Gasteiger charge is 2.27. The van der Waals surface area contributed by atoms with E-state index in [0.29, 0.717) is 31.0 Å². The Hall–Kier alpha value is -2.41. The van der Waals surface area contributed by atoms with Gasteiger partial charge in [0.2, 0.25) is 0 Å². The maximum Gasteiger partial charge on any atom is 0.411 e. The number of hydrogen-bond donors (Lipinski definition) is 2. The van der Waals surface area contributed by atoms with Crippen molar-refractivity contribution in [2.75, 3.05) is 19.7 Å². The molecule has 0 amide bonds. The highest BCUT2D eigenvalue weighted by Crippen LogP contribution is 2.16. The van der Waals surface area contributed by atoms with Gasteiger partial charge < -0.3 is 15.4 Å². The molecule has 0 atom stereocenters. The molecule has 0 aliphatic rings. The second-order valence-corrected chi connectivity index (χ2v) is 6.84. The third-order valence-electron chi connectivity index (χ3n) is 4.35. The lowest BCUT2D eigenvalue weighted by atomic mass is 10.1. The third-order valence-corrected chi connectivity index (χ3v) is 4.35. The van der Waals surface area contributed by atoms with Crippen molar-refractivity contribution in [2.45, 2.75) is 32.7 Å². The van der Waals surface area contributed by atoms with Crippen molar-refractivity contribution >= 4 is 35.6 Å².